The molecule has 5 rings (SSSR count). The number of piperidine rings is 1. The Morgan fingerprint density at radius 2 is 2.00 bits per heavy atom. The van der Waals surface area contributed by atoms with E-state index in [2.05, 4.69) is 40.8 Å². The number of amides is 1. The van der Waals surface area contributed by atoms with Crippen molar-refractivity contribution in [3.8, 4) is 11.8 Å². The van der Waals surface area contributed by atoms with Gasteiger partial charge >= 0.3 is 6.09 Å². The van der Waals surface area contributed by atoms with Gasteiger partial charge in [-0.1, -0.05) is 19.9 Å². The smallest absolute Gasteiger partial charge is 0.407 e. The number of H-pyrrole nitrogens is 1. The first kappa shape index (κ1) is 21.5. The predicted molar refractivity (Wildman–Crippen MR) is 126 cm³/mol. The highest BCUT2D eigenvalue weighted by Crippen LogP contribution is 2.46. The number of rotatable bonds is 2. The molecule has 1 fully saturated rings. The fourth-order valence-electron chi connectivity index (χ4n) is 4.93. The molecule has 3 aromatic rings. The van der Waals surface area contributed by atoms with Crippen molar-refractivity contribution in [3.05, 3.63) is 62.8 Å². The largest absolute Gasteiger partial charge is 0.489 e. The van der Waals surface area contributed by atoms with E-state index in [0.717, 1.165) is 22.2 Å². The number of aromatic nitrogens is 1. The summed E-state index contributed by atoms with van der Waals surface area (Å²) >= 11 is 3.58. The number of ether oxygens (including phenoxy) is 1. The van der Waals surface area contributed by atoms with Crippen molar-refractivity contribution in [2.24, 2.45) is 0 Å². The van der Waals surface area contributed by atoms with Crippen LogP contribution in [0, 0.1) is 11.3 Å². The molecule has 0 atom stereocenters. The fourth-order valence-corrected chi connectivity index (χ4v) is 5.37. The number of carboxylic acid groups (broad SMARTS) is 1. The number of nitrogens with one attached hydrogen (secondary N) is 1. The van der Waals surface area contributed by atoms with Gasteiger partial charge in [-0.3, -0.25) is 4.79 Å². The molecule has 33 heavy (non-hydrogen) atoms. The molecule has 2 N–H and O–H groups in total. The predicted octanol–water partition coefficient (Wildman–Crippen LogP) is 5.19. The Balaban J connectivity index is 1.53. The summed E-state index contributed by atoms with van der Waals surface area (Å²) in [6, 6.07) is 11.2. The Bertz CT molecular complexity index is 1360. The second-order valence-corrected chi connectivity index (χ2v) is 9.97. The molecular formula is C25H22BrN3O4. The van der Waals surface area contributed by atoms with E-state index in [-0.39, 0.29) is 11.9 Å². The van der Waals surface area contributed by atoms with Crippen LogP contribution in [0.3, 0.4) is 0 Å². The van der Waals surface area contributed by atoms with Gasteiger partial charge in [0.05, 0.1) is 21.7 Å². The number of nitriles is 1. The molecule has 1 aliphatic heterocycles. The minimum absolute atomic E-state index is 0.0581. The third-order valence-corrected chi connectivity index (χ3v) is 7.40. The minimum Gasteiger partial charge on any atom is -0.489 e. The van der Waals surface area contributed by atoms with Crippen LogP contribution in [0.5, 0.6) is 5.75 Å². The van der Waals surface area contributed by atoms with E-state index in [1.165, 1.54) is 4.90 Å². The maximum absolute atomic E-state index is 13.6. The second kappa shape index (κ2) is 7.63. The Morgan fingerprint density at radius 3 is 2.67 bits per heavy atom. The maximum atomic E-state index is 13.6. The number of aromatic amines is 1. The average Bonchev–Trinajstić information content (AvgIpc) is 3.19. The highest BCUT2D eigenvalue weighted by Gasteiger charge is 2.40. The molecule has 168 valence electrons. The van der Waals surface area contributed by atoms with Gasteiger partial charge in [-0.25, -0.2) is 4.79 Å². The lowest BCUT2D eigenvalue weighted by atomic mass is 9.71. The third kappa shape index (κ3) is 3.39. The van der Waals surface area contributed by atoms with Crippen LogP contribution < -0.4 is 4.74 Å². The summed E-state index contributed by atoms with van der Waals surface area (Å²) in [6.07, 6.45) is 0.238. The Hall–Kier alpha value is -3.31. The lowest BCUT2D eigenvalue weighted by molar-refractivity contribution is 0.0890. The van der Waals surface area contributed by atoms with Gasteiger partial charge in [0, 0.05) is 53.5 Å². The SMILES string of the molecule is CC1(C)c2cc(OC3CCN(C(=O)O)CC3)c(Br)cc2C(=O)c2c1[nH]c1cc(C#N)ccc21. The number of ketones is 1. The van der Waals surface area contributed by atoms with Crippen molar-refractivity contribution in [2.45, 2.75) is 38.2 Å². The van der Waals surface area contributed by atoms with Crippen LogP contribution in [0.15, 0.2) is 34.8 Å². The first-order chi connectivity index (χ1) is 15.7. The van der Waals surface area contributed by atoms with Gasteiger partial charge in [0.2, 0.25) is 0 Å². The number of fused-ring (bicyclic) bond motifs is 4. The molecule has 0 saturated carbocycles. The molecule has 2 aliphatic rings. The molecule has 0 radical (unpaired) electrons. The molecule has 0 bridgehead atoms. The van der Waals surface area contributed by atoms with Gasteiger partial charge in [0.25, 0.3) is 0 Å². The molecule has 2 aromatic carbocycles. The van der Waals surface area contributed by atoms with Crippen molar-refractivity contribution in [1.82, 2.24) is 9.88 Å². The van der Waals surface area contributed by atoms with E-state index < -0.39 is 11.5 Å². The zero-order chi connectivity index (χ0) is 23.5. The summed E-state index contributed by atoms with van der Waals surface area (Å²) in [7, 11) is 0. The monoisotopic (exact) mass is 507 g/mol. The van der Waals surface area contributed by atoms with Crippen molar-refractivity contribution in [1.29, 1.82) is 5.26 Å². The summed E-state index contributed by atoms with van der Waals surface area (Å²) in [5.41, 5.74) is 3.79. The van der Waals surface area contributed by atoms with Crippen molar-refractivity contribution in [2.75, 3.05) is 13.1 Å². The number of halogens is 1. The number of hydrogen-bond acceptors (Lipinski definition) is 4. The minimum atomic E-state index is -0.903. The number of benzene rings is 2. The number of carbonyl (C=O) groups is 2. The highest BCUT2D eigenvalue weighted by atomic mass is 79.9. The second-order valence-electron chi connectivity index (χ2n) is 9.12. The van der Waals surface area contributed by atoms with Crippen molar-refractivity contribution >= 4 is 38.7 Å². The zero-order valence-electron chi connectivity index (χ0n) is 18.2. The van der Waals surface area contributed by atoms with Crippen molar-refractivity contribution in [3.63, 3.8) is 0 Å². The quantitative estimate of drug-likeness (QED) is 0.496. The Kier molecular flexibility index (Phi) is 4.98. The Labute approximate surface area is 199 Å². The molecule has 1 saturated heterocycles. The van der Waals surface area contributed by atoms with E-state index in [1.54, 1.807) is 12.1 Å². The zero-order valence-corrected chi connectivity index (χ0v) is 19.8. The summed E-state index contributed by atoms with van der Waals surface area (Å²) in [5.74, 6) is 0.590. The van der Waals surface area contributed by atoms with Crippen LogP contribution in [0.4, 0.5) is 4.79 Å². The summed E-state index contributed by atoms with van der Waals surface area (Å²) in [6.45, 7) is 5.02. The summed E-state index contributed by atoms with van der Waals surface area (Å²) < 4.78 is 6.96. The maximum Gasteiger partial charge on any atom is 0.407 e. The first-order valence-corrected chi connectivity index (χ1v) is 11.6. The van der Waals surface area contributed by atoms with Gasteiger partial charge < -0.3 is 19.7 Å². The van der Waals surface area contributed by atoms with Gasteiger partial charge in [0.1, 0.15) is 11.9 Å². The fraction of sp³-hybridized carbons (Fsp3) is 0.320. The number of likely N-dealkylation sites (tertiary alicyclic amines) is 1. The standard InChI is InChI=1S/C25H22BrN3O4/c1-25(2)17-11-20(33-14-5-7-29(8-6-14)24(31)32)18(26)10-16(17)22(30)21-15-4-3-13(12-27)9-19(15)28-23(21)25/h3-4,9-11,14,28H,5-8H2,1-2H3,(H,31,32). The average molecular weight is 508 g/mol. The van der Waals surface area contributed by atoms with E-state index in [9.17, 15) is 14.9 Å². The lowest BCUT2D eigenvalue weighted by Crippen LogP contribution is -2.41. The summed E-state index contributed by atoms with van der Waals surface area (Å²) in [4.78, 5) is 29.5. The van der Waals surface area contributed by atoms with Gasteiger partial charge in [-0.05, 0) is 45.8 Å². The topological polar surface area (TPSA) is 106 Å². The van der Waals surface area contributed by atoms with Crippen LogP contribution in [-0.4, -0.2) is 46.1 Å². The van der Waals surface area contributed by atoms with Crippen LogP contribution in [0.25, 0.3) is 10.9 Å². The Morgan fingerprint density at radius 1 is 1.27 bits per heavy atom. The van der Waals surface area contributed by atoms with Crippen molar-refractivity contribution < 1.29 is 19.4 Å². The summed E-state index contributed by atoms with van der Waals surface area (Å²) in [5, 5.41) is 19.2. The molecule has 0 unspecified atom stereocenters. The van der Waals surface area contributed by atoms with E-state index >= 15 is 0 Å². The molecule has 1 aromatic heterocycles. The third-order valence-electron chi connectivity index (χ3n) is 6.78. The van der Waals surface area contributed by atoms with Crippen LogP contribution in [-0.2, 0) is 5.41 Å². The molecular weight excluding hydrogens is 486 g/mol. The molecule has 7 nitrogen and oxygen atoms in total. The first-order valence-electron chi connectivity index (χ1n) is 10.8. The van der Waals surface area contributed by atoms with Gasteiger partial charge in [-0.2, -0.15) is 5.26 Å². The number of nitrogens with zero attached hydrogens (tertiary/aromatic N) is 2. The van der Waals surface area contributed by atoms with E-state index in [0.29, 0.717) is 52.8 Å². The van der Waals surface area contributed by atoms with E-state index in [1.807, 2.05) is 18.2 Å². The molecule has 1 aliphatic carbocycles. The number of hydrogen-bond donors (Lipinski definition) is 2. The molecule has 1 amide bonds. The van der Waals surface area contributed by atoms with Gasteiger partial charge in [-0.15, -0.1) is 0 Å². The normalized spacial score (nSPS) is 17.4. The molecule has 8 heteroatoms. The highest BCUT2D eigenvalue weighted by molar-refractivity contribution is 9.10. The van der Waals surface area contributed by atoms with E-state index in [4.69, 9.17) is 9.84 Å². The van der Waals surface area contributed by atoms with Crippen LogP contribution in [0.1, 0.15) is 59.4 Å². The molecule has 2 heterocycles. The van der Waals surface area contributed by atoms with Crippen LogP contribution >= 0.6 is 15.9 Å². The number of carbonyl (C=O) groups excluding carboxylic acids is 1. The van der Waals surface area contributed by atoms with Crippen LogP contribution in [0.2, 0.25) is 0 Å². The lowest BCUT2D eigenvalue weighted by Gasteiger charge is -2.34. The molecule has 0 spiro atoms. The van der Waals surface area contributed by atoms with Gasteiger partial charge in [0.15, 0.2) is 5.78 Å².